The fourth-order valence-corrected chi connectivity index (χ4v) is 3.68. The van der Waals surface area contributed by atoms with E-state index in [4.69, 9.17) is 0 Å². The van der Waals surface area contributed by atoms with Crippen molar-refractivity contribution in [3.05, 3.63) is 54.0 Å². The van der Waals surface area contributed by atoms with Crippen molar-refractivity contribution in [3.8, 4) is 0 Å². The maximum absolute atomic E-state index is 12.5. The van der Waals surface area contributed by atoms with Crippen molar-refractivity contribution in [1.82, 2.24) is 19.5 Å². The lowest BCUT2D eigenvalue weighted by molar-refractivity contribution is 0.0949. The summed E-state index contributed by atoms with van der Waals surface area (Å²) in [5, 5.41) is 7.32. The first kappa shape index (κ1) is 15.7. The molecule has 1 atom stereocenters. The van der Waals surface area contributed by atoms with Gasteiger partial charge in [-0.1, -0.05) is 18.2 Å². The molecule has 0 bridgehead atoms. The minimum atomic E-state index is -0.0499. The lowest BCUT2D eigenvalue weighted by atomic mass is 10.1. The first-order valence-corrected chi connectivity index (χ1v) is 8.71. The fourth-order valence-electron chi connectivity index (χ4n) is 3.68. The third-order valence-electron chi connectivity index (χ3n) is 5.07. The molecule has 1 fully saturated rings. The summed E-state index contributed by atoms with van der Waals surface area (Å²) in [4.78, 5) is 15.0. The van der Waals surface area contributed by atoms with Crippen molar-refractivity contribution in [2.45, 2.75) is 13.3 Å². The molecule has 1 aromatic carbocycles. The number of hydrogen-bond acceptors (Lipinski definition) is 3. The Hall–Kier alpha value is -2.76. The molecule has 1 N–H and O–H groups in total. The van der Waals surface area contributed by atoms with Crippen LogP contribution in [-0.4, -0.2) is 39.7 Å². The Morgan fingerprint density at radius 3 is 3.00 bits per heavy atom. The molecule has 130 valence electrons. The van der Waals surface area contributed by atoms with Gasteiger partial charge in [-0.05, 0) is 30.9 Å². The number of aryl methyl sites for hydroxylation is 2. The zero-order valence-electron chi connectivity index (χ0n) is 14.6. The van der Waals surface area contributed by atoms with Crippen LogP contribution in [0.3, 0.4) is 0 Å². The summed E-state index contributed by atoms with van der Waals surface area (Å²) in [6.07, 6.45) is 6.49. The van der Waals surface area contributed by atoms with Gasteiger partial charge >= 0.3 is 0 Å². The van der Waals surface area contributed by atoms with Crippen LogP contribution in [0.1, 0.15) is 22.3 Å². The van der Waals surface area contributed by atoms with Crippen molar-refractivity contribution in [1.29, 1.82) is 0 Å². The van der Waals surface area contributed by atoms with Gasteiger partial charge in [0.05, 0.1) is 6.20 Å². The maximum Gasteiger partial charge on any atom is 0.256 e. The summed E-state index contributed by atoms with van der Waals surface area (Å²) in [6.45, 7) is 4.87. The minimum Gasteiger partial charge on any atom is -0.371 e. The molecule has 3 aromatic rings. The zero-order valence-corrected chi connectivity index (χ0v) is 14.6. The molecule has 6 nitrogen and oxygen atoms in total. The molecule has 6 heteroatoms. The van der Waals surface area contributed by atoms with E-state index in [2.05, 4.69) is 46.5 Å². The average molecular weight is 337 g/mol. The smallest absolute Gasteiger partial charge is 0.256 e. The maximum atomic E-state index is 12.5. The van der Waals surface area contributed by atoms with Gasteiger partial charge in [0.25, 0.3) is 5.91 Å². The van der Waals surface area contributed by atoms with Gasteiger partial charge in [0.15, 0.2) is 0 Å². The molecule has 1 saturated heterocycles. The Bertz CT molecular complexity index is 910. The monoisotopic (exact) mass is 337 g/mol. The topological polar surface area (TPSA) is 54.6 Å². The van der Waals surface area contributed by atoms with Crippen LogP contribution in [0.5, 0.6) is 0 Å². The Balaban J connectivity index is 1.38. The number of aromatic nitrogens is 3. The number of para-hydroxylation sites is 1. The van der Waals surface area contributed by atoms with E-state index in [1.807, 2.05) is 24.0 Å². The number of amides is 1. The lowest BCUT2D eigenvalue weighted by Crippen LogP contribution is -2.31. The quantitative estimate of drug-likeness (QED) is 0.794. The molecule has 0 saturated carbocycles. The average Bonchev–Trinajstić information content (AvgIpc) is 3.31. The van der Waals surface area contributed by atoms with Gasteiger partial charge in [-0.3, -0.25) is 4.79 Å². The second kappa shape index (κ2) is 6.27. The molecule has 4 rings (SSSR count). The van der Waals surface area contributed by atoms with E-state index in [0.29, 0.717) is 18.0 Å². The highest BCUT2D eigenvalue weighted by Gasteiger charge is 2.24. The number of fused-ring (bicyclic) bond motifs is 1. The van der Waals surface area contributed by atoms with E-state index >= 15 is 0 Å². The molecule has 0 unspecified atom stereocenters. The van der Waals surface area contributed by atoms with E-state index in [1.54, 1.807) is 10.7 Å². The first-order valence-electron chi connectivity index (χ1n) is 8.71. The molecule has 25 heavy (non-hydrogen) atoms. The SMILES string of the molecule is Cc1ccccc1N1CC[C@H](CNC(=O)c2cnn3ccn(C)c23)C1. The fraction of sp³-hybridized carbons (Fsp3) is 0.368. The van der Waals surface area contributed by atoms with Gasteiger partial charge in [0.2, 0.25) is 0 Å². The van der Waals surface area contributed by atoms with Crippen LogP contribution >= 0.6 is 0 Å². The highest BCUT2D eigenvalue weighted by molar-refractivity contribution is 5.99. The van der Waals surface area contributed by atoms with Crippen molar-refractivity contribution in [2.75, 3.05) is 24.5 Å². The van der Waals surface area contributed by atoms with E-state index in [9.17, 15) is 4.79 Å². The van der Waals surface area contributed by atoms with Crippen LogP contribution in [0.25, 0.3) is 5.65 Å². The van der Waals surface area contributed by atoms with E-state index in [1.165, 1.54) is 11.3 Å². The van der Waals surface area contributed by atoms with Crippen molar-refractivity contribution in [3.63, 3.8) is 0 Å². The van der Waals surface area contributed by atoms with Crippen LogP contribution in [-0.2, 0) is 7.05 Å². The summed E-state index contributed by atoms with van der Waals surface area (Å²) >= 11 is 0. The summed E-state index contributed by atoms with van der Waals surface area (Å²) in [6, 6.07) is 8.48. The molecule has 1 amide bonds. The highest BCUT2D eigenvalue weighted by Crippen LogP contribution is 2.26. The number of anilines is 1. The van der Waals surface area contributed by atoms with E-state index in [-0.39, 0.29) is 5.91 Å². The first-order chi connectivity index (χ1) is 12.1. The number of carbonyl (C=O) groups is 1. The molecule has 0 aliphatic carbocycles. The summed E-state index contributed by atoms with van der Waals surface area (Å²) in [5.41, 5.74) is 4.06. The lowest BCUT2D eigenvalue weighted by Gasteiger charge is -2.21. The van der Waals surface area contributed by atoms with Gasteiger partial charge in [0, 0.05) is 44.8 Å². The molecule has 0 radical (unpaired) electrons. The molecule has 0 spiro atoms. The third-order valence-corrected chi connectivity index (χ3v) is 5.07. The zero-order chi connectivity index (χ0) is 17.4. The van der Waals surface area contributed by atoms with Crippen molar-refractivity contribution >= 4 is 17.2 Å². The number of nitrogens with zero attached hydrogens (tertiary/aromatic N) is 4. The summed E-state index contributed by atoms with van der Waals surface area (Å²) in [7, 11) is 1.92. The van der Waals surface area contributed by atoms with Gasteiger partial charge in [-0.25, -0.2) is 4.52 Å². The van der Waals surface area contributed by atoms with Crippen LogP contribution < -0.4 is 10.2 Å². The number of nitrogens with one attached hydrogen (secondary N) is 1. The van der Waals surface area contributed by atoms with Crippen LogP contribution in [0.2, 0.25) is 0 Å². The van der Waals surface area contributed by atoms with Crippen LogP contribution in [0, 0.1) is 12.8 Å². The number of imidazole rings is 1. The summed E-state index contributed by atoms with van der Waals surface area (Å²) in [5.74, 6) is 0.425. The largest absolute Gasteiger partial charge is 0.371 e. The molecular weight excluding hydrogens is 314 g/mol. The second-order valence-corrected chi connectivity index (χ2v) is 6.83. The molecular formula is C19H23N5O. The standard InChI is InChI=1S/C19H23N5O/c1-14-5-3-4-6-17(14)23-8-7-15(13-23)11-20-18(25)16-12-21-24-10-9-22(2)19(16)24/h3-6,9-10,12,15H,7-8,11,13H2,1-2H3,(H,20,25)/t15-/m1/s1. The van der Waals surface area contributed by atoms with E-state index < -0.39 is 0 Å². The predicted octanol–water partition coefficient (Wildman–Crippen LogP) is 2.24. The van der Waals surface area contributed by atoms with Crippen molar-refractivity contribution < 1.29 is 4.79 Å². The molecule has 3 heterocycles. The predicted molar refractivity (Wildman–Crippen MR) is 98.0 cm³/mol. The minimum absolute atomic E-state index is 0.0499. The number of carbonyl (C=O) groups excluding carboxylic acids is 1. The van der Waals surface area contributed by atoms with Crippen LogP contribution in [0.15, 0.2) is 42.9 Å². The van der Waals surface area contributed by atoms with Gasteiger partial charge in [0.1, 0.15) is 11.2 Å². The number of hydrogen-bond donors (Lipinski definition) is 1. The highest BCUT2D eigenvalue weighted by atomic mass is 16.1. The Kier molecular flexibility index (Phi) is 3.95. The Morgan fingerprint density at radius 2 is 2.16 bits per heavy atom. The van der Waals surface area contributed by atoms with Gasteiger partial charge in [-0.2, -0.15) is 5.10 Å². The van der Waals surface area contributed by atoms with E-state index in [0.717, 1.165) is 25.2 Å². The van der Waals surface area contributed by atoms with Gasteiger partial charge < -0.3 is 14.8 Å². The van der Waals surface area contributed by atoms with Crippen molar-refractivity contribution in [2.24, 2.45) is 13.0 Å². The molecule has 2 aromatic heterocycles. The van der Waals surface area contributed by atoms with Gasteiger partial charge in [-0.15, -0.1) is 0 Å². The number of benzene rings is 1. The van der Waals surface area contributed by atoms with Crippen LogP contribution in [0.4, 0.5) is 5.69 Å². The molecule has 1 aliphatic rings. The second-order valence-electron chi connectivity index (χ2n) is 6.83. The Morgan fingerprint density at radius 1 is 1.32 bits per heavy atom. The third kappa shape index (κ3) is 2.88. The summed E-state index contributed by atoms with van der Waals surface area (Å²) < 4.78 is 3.64. The normalized spacial score (nSPS) is 17.4. The Labute approximate surface area is 147 Å². The molecule has 1 aliphatic heterocycles. The number of rotatable bonds is 4.